The van der Waals surface area contributed by atoms with E-state index in [1.54, 1.807) is 0 Å². The van der Waals surface area contributed by atoms with Gasteiger partial charge in [-0.05, 0) is 47.5 Å². The molecule has 0 aromatic rings. The monoisotopic (exact) mass is 196 g/mol. The standard InChI is InChI=1S/C11H20N2O/c1-9(2,8-12)11(5)7-6-10(3,4)13(11)14/h14H,6-7H2,1-5H3. The zero-order valence-corrected chi connectivity index (χ0v) is 9.76. The van der Waals surface area contributed by atoms with Crippen LogP contribution in [0.2, 0.25) is 0 Å². The maximum Gasteiger partial charge on any atom is 0.0721 e. The second-order valence-corrected chi connectivity index (χ2v) is 5.63. The summed E-state index contributed by atoms with van der Waals surface area (Å²) in [7, 11) is 0. The molecule has 0 aromatic carbocycles. The molecule has 80 valence electrons. The first-order chi connectivity index (χ1) is 6.17. The van der Waals surface area contributed by atoms with Gasteiger partial charge in [-0.2, -0.15) is 10.3 Å². The summed E-state index contributed by atoms with van der Waals surface area (Å²) >= 11 is 0. The number of nitrogens with zero attached hydrogens (tertiary/aromatic N) is 2. The quantitative estimate of drug-likeness (QED) is 0.701. The Hall–Kier alpha value is -0.590. The maximum absolute atomic E-state index is 10.1. The minimum Gasteiger partial charge on any atom is -0.313 e. The molecule has 0 aromatic heterocycles. The average Bonchev–Trinajstić information content (AvgIpc) is 2.31. The molecule has 1 N–H and O–H groups in total. The summed E-state index contributed by atoms with van der Waals surface area (Å²) in [5.41, 5.74) is -1.19. The highest BCUT2D eigenvalue weighted by molar-refractivity contribution is 5.13. The molecule has 1 rings (SSSR count). The third-order valence-corrected chi connectivity index (χ3v) is 3.89. The molecule has 0 amide bonds. The van der Waals surface area contributed by atoms with Crippen molar-refractivity contribution in [1.82, 2.24) is 5.06 Å². The first-order valence-corrected chi connectivity index (χ1v) is 5.08. The van der Waals surface area contributed by atoms with E-state index in [0.29, 0.717) is 0 Å². The van der Waals surface area contributed by atoms with Crippen LogP contribution in [0, 0.1) is 16.7 Å². The van der Waals surface area contributed by atoms with Gasteiger partial charge >= 0.3 is 0 Å². The van der Waals surface area contributed by atoms with Crippen molar-refractivity contribution < 1.29 is 5.21 Å². The Kier molecular flexibility index (Phi) is 2.42. The fourth-order valence-corrected chi connectivity index (χ4v) is 2.13. The normalized spacial score (nSPS) is 32.9. The minimum atomic E-state index is -0.532. The topological polar surface area (TPSA) is 47.3 Å². The molecule has 1 heterocycles. The Bertz CT molecular complexity index is 278. The second-order valence-electron chi connectivity index (χ2n) is 5.63. The van der Waals surface area contributed by atoms with Crippen LogP contribution in [0.25, 0.3) is 0 Å². The highest BCUT2D eigenvalue weighted by Crippen LogP contribution is 2.48. The molecular formula is C11H20N2O. The predicted molar refractivity (Wildman–Crippen MR) is 54.7 cm³/mol. The zero-order chi connectivity index (χ0) is 11.2. The van der Waals surface area contributed by atoms with Crippen molar-refractivity contribution in [1.29, 1.82) is 5.26 Å². The van der Waals surface area contributed by atoms with Crippen molar-refractivity contribution in [3.05, 3.63) is 0 Å². The summed E-state index contributed by atoms with van der Waals surface area (Å²) in [5.74, 6) is 0. The molecule has 3 heteroatoms. The first kappa shape index (κ1) is 11.5. The van der Waals surface area contributed by atoms with Crippen LogP contribution in [0.5, 0.6) is 0 Å². The van der Waals surface area contributed by atoms with Crippen molar-refractivity contribution in [2.75, 3.05) is 0 Å². The van der Waals surface area contributed by atoms with E-state index in [2.05, 4.69) is 6.07 Å². The van der Waals surface area contributed by atoms with Crippen molar-refractivity contribution in [2.24, 2.45) is 5.41 Å². The van der Waals surface area contributed by atoms with E-state index in [-0.39, 0.29) is 5.54 Å². The van der Waals surface area contributed by atoms with Gasteiger partial charge in [-0.1, -0.05) is 0 Å². The van der Waals surface area contributed by atoms with Crippen LogP contribution in [0.1, 0.15) is 47.5 Å². The Morgan fingerprint density at radius 2 is 1.79 bits per heavy atom. The maximum atomic E-state index is 10.1. The molecule has 1 aliphatic heterocycles. The minimum absolute atomic E-state index is 0.219. The van der Waals surface area contributed by atoms with Gasteiger partial charge in [0.15, 0.2) is 0 Å². The Labute approximate surface area is 86.3 Å². The van der Waals surface area contributed by atoms with Crippen molar-refractivity contribution in [3.63, 3.8) is 0 Å². The summed E-state index contributed by atoms with van der Waals surface area (Å²) in [6, 6.07) is 2.29. The molecule has 1 saturated heterocycles. The van der Waals surface area contributed by atoms with E-state index in [1.807, 2.05) is 34.6 Å². The van der Waals surface area contributed by atoms with E-state index in [9.17, 15) is 5.21 Å². The van der Waals surface area contributed by atoms with Crippen molar-refractivity contribution >= 4 is 0 Å². The third-order valence-electron chi connectivity index (χ3n) is 3.89. The number of nitriles is 1. The molecule has 1 fully saturated rings. The molecule has 14 heavy (non-hydrogen) atoms. The summed E-state index contributed by atoms with van der Waals surface area (Å²) < 4.78 is 0. The van der Waals surface area contributed by atoms with Gasteiger partial charge in [0.25, 0.3) is 0 Å². The van der Waals surface area contributed by atoms with Crippen LogP contribution >= 0.6 is 0 Å². The van der Waals surface area contributed by atoms with E-state index in [0.717, 1.165) is 12.8 Å². The molecule has 0 saturated carbocycles. The first-order valence-electron chi connectivity index (χ1n) is 5.08. The van der Waals surface area contributed by atoms with E-state index in [1.165, 1.54) is 5.06 Å². The van der Waals surface area contributed by atoms with Gasteiger partial charge in [-0.25, -0.2) is 0 Å². The summed E-state index contributed by atoms with van der Waals surface area (Å²) in [5, 5.41) is 20.6. The highest BCUT2D eigenvalue weighted by Gasteiger charge is 2.55. The molecule has 0 radical (unpaired) electrons. The molecule has 0 spiro atoms. The largest absolute Gasteiger partial charge is 0.313 e. The van der Waals surface area contributed by atoms with Gasteiger partial charge in [-0.15, -0.1) is 0 Å². The Morgan fingerprint density at radius 1 is 1.29 bits per heavy atom. The number of rotatable bonds is 1. The van der Waals surface area contributed by atoms with Crippen LogP contribution in [-0.4, -0.2) is 21.3 Å². The SMILES string of the molecule is CC1(C)CCC(C)(C(C)(C)C#N)N1O. The molecule has 1 unspecified atom stereocenters. The third kappa shape index (κ3) is 1.34. The summed E-state index contributed by atoms with van der Waals surface area (Å²) in [6.45, 7) is 9.75. The van der Waals surface area contributed by atoms with Gasteiger partial charge in [0.05, 0.1) is 17.0 Å². The molecular weight excluding hydrogens is 176 g/mol. The van der Waals surface area contributed by atoms with Crippen molar-refractivity contribution in [3.8, 4) is 6.07 Å². The summed E-state index contributed by atoms with van der Waals surface area (Å²) in [4.78, 5) is 0. The molecule has 1 aliphatic rings. The Morgan fingerprint density at radius 3 is 2.07 bits per heavy atom. The van der Waals surface area contributed by atoms with Gasteiger partial charge in [0.1, 0.15) is 0 Å². The van der Waals surface area contributed by atoms with Gasteiger partial charge < -0.3 is 5.21 Å². The number of hydrogen-bond acceptors (Lipinski definition) is 3. The van der Waals surface area contributed by atoms with Crippen LogP contribution in [0.3, 0.4) is 0 Å². The highest BCUT2D eigenvalue weighted by atomic mass is 16.5. The lowest BCUT2D eigenvalue weighted by Gasteiger charge is -2.43. The average molecular weight is 196 g/mol. The summed E-state index contributed by atoms with van der Waals surface area (Å²) in [6.07, 6.45) is 1.78. The van der Waals surface area contributed by atoms with Crippen LogP contribution in [-0.2, 0) is 0 Å². The zero-order valence-electron chi connectivity index (χ0n) is 9.76. The van der Waals surface area contributed by atoms with E-state index >= 15 is 0 Å². The molecule has 0 bridgehead atoms. The molecule has 0 aliphatic carbocycles. The fourth-order valence-electron chi connectivity index (χ4n) is 2.13. The smallest absolute Gasteiger partial charge is 0.0721 e. The predicted octanol–water partition coefficient (Wildman–Crippen LogP) is 2.56. The Balaban J connectivity index is 3.06. The van der Waals surface area contributed by atoms with E-state index < -0.39 is 11.0 Å². The number of hydrogen-bond donors (Lipinski definition) is 1. The fraction of sp³-hybridized carbons (Fsp3) is 0.909. The van der Waals surface area contributed by atoms with Crippen LogP contribution in [0.15, 0.2) is 0 Å². The van der Waals surface area contributed by atoms with Gasteiger partial charge in [0.2, 0.25) is 0 Å². The van der Waals surface area contributed by atoms with Crippen LogP contribution in [0.4, 0.5) is 0 Å². The second kappa shape index (κ2) is 2.95. The van der Waals surface area contributed by atoms with Gasteiger partial charge in [-0.3, -0.25) is 0 Å². The lowest BCUT2D eigenvalue weighted by Crippen LogP contribution is -2.55. The number of hydroxylamine groups is 2. The van der Waals surface area contributed by atoms with E-state index in [4.69, 9.17) is 5.26 Å². The van der Waals surface area contributed by atoms with Gasteiger partial charge in [0, 0.05) is 5.54 Å². The van der Waals surface area contributed by atoms with Crippen LogP contribution < -0.4 is 0 Å². The van der Waals surface area contributed by atoms with Crippen molar-refractivity contribution in [2.45, 2.75) is 58.5 Å². The molecule has 3 nitrogen and oxygen atoms in total. The molecule has 1 atom stereocenters. The lowest BCUT2D eigenvalue weighted by atomic mass is 9.73. The lowest BCUT2D eigenvalue weighted by molar-refractivity contribution is -0.218.